The molecule has 6 nitrogen and oxygen atoms in total. The minimum absolute atomic E-state index is 0.369. The lowest BCUT2D eigenvalue weighted by Gasteiger charge is -2.11. The van der Waals surface area contributed by atoms with Crippen molar-refractivity contribution in [2.45, 2.75) is 11.5 Å². The molecule has 16 heavy (non-hydrogen) atoms. The Morgan fingerprint density at radius 3 is 2.44 bits per heavy atom. The SMILES string of the molecule is COc1cc(S(N)(=O)=O)nc(N)c1C(F)F. The van der Waals surface area contributed by atoms with Crippen LogP contribution in [0.1, 0.15) is 12.0 Å². The number of rotatable bonds is 3. The minimum atomic E-state index is -4.12. The number of anilines is 1. The van der Waals surface area contributed by atoms with Gasteiger partial charge in [-0.1, -0.05) is 0 Å². The van der Waals surface area contributed by atoms with E-state index in [-0.39, 0.29) is 5.75 Å². The van der Waals surface area contributed by atoms with E-state index >= 15 is 0 Å². The molecule has 0 saturated heterocycles. The Morgan fingerprint density at radius 2 is 2.06 bits per heavy atom. The zero-order valence-electron chi connectivity index (χ0n) is 8.15. The Kier molecular flexibility index (Phi) is 3.29. The number of aromatic nitrogens is 1. The highest BCUT2D eigenvalue weighted by atomic mass is 32.2. The van der Waals surface area contributed by atoms with Crippen molar-refractivity contribution in [2.75, 3.05) is 12.8 Å². The number of sulfonamides is 1. The molecule has 9 heteroatoms. The zero-order chi connectivity index (χ0) is 12.5. The van der Waals surface area contributed by atoms with E-state index < -0.39 is 32.9 Å². The number of hydrogen-bond acceptors (Lipinski definition) is 5. The molecule has 0 atom stereocenters. The van der Waals surface area contributed by atoms with Gasteiger partial charge in [0.1, 0.15) is 17.1 Å². The summed E-state index contributed by atoms with van der Waals surface area (Å²) < 4.78 is 51.6. The molecule has 1 rings (SSSR count). The number of pyridine rings is 1. The fourth-order valence-electron chi connectivity index (χ4n) is 1.06. The van der Waals surface area contributed by atoms with Crippen molar-refractivity contribution >= 4 is 15.8 Å². The number of hydrogen-bond donors (Lipinski definition) is 2. The standard InChI is InChI=1S/C7H9F2N3O3S/c1-15-3-2-4(16(11,13)14)12-7(10)5(3)6(8)9/h2,6H,1H3,(H2,10,12)(H2,11,13,14). The van der Waals surface area contributed by atoms with E-state index in [9.17, 15) is 17.2 Å². The Labute approximate surface area is 90.3 Å². The lowest BCUT2D eigenvalue weighted by atomic mass is 10.2. The monoisotopic (exact) mass is 253 g/mol. The van der Waals surface area contributed by atoms with Gasteiger partial charge in [-0.2, -0.15) is 0 Å². The van der Waals surface area contributed by atoms with E-state index in [1.165, 1.54) is 0 Å². The van der Waals surface area contributed by atoms with Crippen LogP contribution in [0.4, 0.5) is 14.6 Å². The number of nitrogen functional groups attached to an aromatic ring is 1. The maximum Gasteiger partial charge on any atom is 0.270 e. The Morgan fingerprint density at radius 1 is 1.50 bits per heavy atom. The van der Waals surface area contributed by atoms with Crippen LogP contribution in [0.15, 0.2) is 11.1 Å². The summed E-state index contributed by atoms with van der Waals surface area (Å²) in [6.07, 6.45) is -2.92. The van der Waals surface area contributed by atoms with Crippen molar-refractivity contribution < 1.29 is 21.9 Å². The number of primary sulfonamides is 1. The minimum Gasteiger partial charge on any atom is -0.496 e. The van der Waals surface area contributed by atoms with Crippen LogP contribution in [-0.2, 0) is 10.0 Å². The van der Waals surface area contributed by atoms with Gasteiger partial charge in [-0.05, 0) is 0 Å². The number of alkyl halides is 2. The van der Waals surface area contributed by atoms with E-state index in [4.69, 9.17) is 10.9 Å². The molecule has 1 aromatic heterocycles. The van der Waals surface area contributed by atoms with Crippen LogP contribution in [0.5, 0.6) is 5.75 Å². The Balaban J connectivity index is 3.50. The van der Waals surface area contributed by atoms with E-state index in [1.807, 2.05) is 0 Å². The van der Waals surface area contributed by atoms with Crippen LogP contribution < -0.4 is 15.6 Å². The summed E-state index contributed by atoms with van der Waals surface area (Å²) in [6, 6.07) is 0.799. The van der Waals surface area contributed by atoms with Crippen LogP contribution in [-0.4, -0.2) is 20.5 Å². The van der Waals surface area contributed by atoms with Crippen LogP contribution in [0.25, 0.3) is 0 Å². The molecule has 0 radical (unpaired) electrons. The predicted molar refractivity (Wildman–Crippen MR) is 51.5 cm³/mol. The van der Waals surface area contributed by atoms with Gasteiger partial charge >= 0.3 is 0 Å². The van der Waals surface area contributed by atoms with Crippen molar-refractivity contribution in [2.24, 2.45) is 5.14 Å². The topological polar surface area (TPSA) is 108 Å². The lowest BCUT2D eigenvalue weighted by molar-refractivity contribution is 0.147. The third-order valence-electron chi connectivity index (χ3n) is 1.76. The first-order chi connectivity index (χ1) is 7.27. The molecule has 0 saturated carbocycles. The Hall–Kier alpha value is -1.48. The third-order valence-corrected chi connectivity index (χ3v) is 2.55. The van der Waals surface area contributed by atoms with Crippen molar-refractivity contribution in [1.29, 1.82) is 0 Å². The summed E-state index contributed by atoms with van der Waals surface area (Å²) in [5.41, 5.74) is 4.55. The van der Waals surface area contributed by atoms with Gasteiger partial charge in [0.15, 0.2) is 5.03 Å². The van der Waals surface area contributed by atoms with Gasteiger partial charge in [-0.25, -0.2) is 27.3 Å². The van der Waals surface area contributed by atoms with Crippen LogP contribution in [0.2, 0.25) is 0 Å². The second kappa shape index (κ2) is 4.18. The first-order valence-electron chi connectivity index (χ1n) is 3.92. The summed E-state index contributed by atoms with van der Waals surface area (Å²) in [5.74, 6) is -0.995. The number of nitrogens with zero attached hydrogens (tertiary/aromatic N) is 1. The van der Waals surface area contributed by atoms with E-state index in [0.29, 0.717) is 0 Å². The highest BCUT2D eigenvalue weighted by Crippen LogP contribution is 2.33. The smallest absolute Gasteiger partial charge is 0.270 e. The zero-order valence-corrected chi connectivity index (χ0v) is 8.96. The van der Waals surface area contributed by atoms with Gasteiger partial charge in [-0.15, -0.1) is 0 Å². The van der Waals surface area contributed by atoms with Gasteiger partial charge in [0.2, 0.25) is 0 Å². The molecular weight excluding hydrogens is 244 g/mol. The van der Waals surface area contributed by atoms with Gasteiger partial charge in [0, 0.05) is 6.07 Å². The highest BCUT2D eigenvalue weighted by Gasteiger charge is 2.23. The number of methoxy groups -OCH3 is 1. The first-order valence-corrected chi connectivity index (χ1v) is 5.47. The normalized spacial score (nSPS) is 11.8. The second-order valence-corrected chi connectivity index (χ2v) is 4.32. The molecule has 0 unspecified atom stereocenters. The number of halogens is 2. The molecule has 1 aromatic rings. The molecule has 0 aliphatic rings. The average molecular weight is 253 g/mol. The highest BCUT2D eigenvalue weighted by molar-refractivity contribution is 7.89. The molecule has 4 N–H and O–H groups in total. The first kappa shape index (κ1) is 12.6. The van der Waals surface area contributed by atoms with E-state index in [0.717, 1.165) is 13.2 Å². The van der Waals surface area contributed by atoms with Crippen molar-refractivity contribution in [1.82, 2.24) is 4.98 Å². The van der Waals surface area contributed by atoms with Crippen molar-refractivity contribution in [3.63, 3.8) is 0 Å². The van der Waals surface area contributed by atoms with Crippen molar-refractivity contribution in [3.8, 4) is 5.75 Å². The van der Waals surface area contributed by atoms with Gasteiger partial charge < -0.3 is 10.5 Å². The quantitative estimate of drug-likeness (QED) is 0.803. The fraction of sp³-hybridized carbons (Fsp3) is 0.286. The maximum absolute atomic E-state index is 12.5. The number of nitrogens with two attached hydrogens (primary N) is 2. The maximum atomic E-state index is 12.5. The summed E-state index contributed by atoms with van der Waals surface area (Å²) in [5, 5.41) is 4.17. The van der Waals surface area contributed by atoms with Crippen LogP contribution in [0, 0.1) is 0 Å². The van der Waals surface area contributed by atoms with Gasteiger partial charge in [0.05, 0.1) is 7.11 Å². The molecule has 0 amide bonds. The molecule has 0 aliphatic carbocycles. The molecule has 0 fully saturated rings. The van der Waals surface area contributed by atoms with Gasteiger partial charge in [-0.3, -0.25) is 0 Å². The molecule has 1 heterocycles. The van der Waals surface area contributed by atoms with E-state index in [2.05, 4.69) is 9.72 Å². The van der Waals surface area contributed by atoms with Crippen LogP contribution >= 0.6 is 0 Å². The van der Waals surface area contributed by atoms with Crippen molar-refractivity contribution in [3.05, 3.63) is 11.6 Å². The molecule has 0 aliphatic heterocycles. The molecule has 0 bridgehead atoms. The average Bonchev–Trinajstić information content (AvgIpc) is 2.14. The summed E-state index contributed by atoms with van der Waals surface area (Å²) in [7, 11) is -3.01. The fourth-order valence-corrected chi connectivity index (χ4v) is 1.56. The van der Waals surface area contributed by atoms with Gasteiger partial charge in [0.25, 0.3) is 16.4 Å². The summed E-state index contributed by atoms with van der Waals surface area (Å²) >= 11 is 0. The summed E-state index contributed by atoms with van der Waals surface area (Å²) in [6.45, 7) is 0. The van der Waals surface area contributed by atoms with E-state index in [1.54, 1.807) is 0 Å². The number of ether oxygens (including phenoxy) is 1. The second-order valence-electron chi connectivity index (χ2n) is 2.81. The third kappa shape index (κ3) is 2.36. The molecule has 0 aromatic carbocycles. The predicted octanol–water partition coefficient (Wildman–Crippen LogP) is 0.257. The largest absolute Gasteiger partial charge is 0.496 e. The molecule has 90 valence electrons. The molecule has 0 spiro atoms. The summed E-state index contributed by atoms with van der Waals surface area (Å²) in [4.78, 5) is 3.28. The molecular formula is C7H9F2N3O3S. The Bertz CT molecular complexity index is 504. The lowest BCUT2D eigenvalue weighted by Crippen LogP contribution is -2.16. The van der Waals surface area contributed by atoms with Crippen LogP contribution in [0.3, 0.4) is 0 Å².